The van der Waals surface area contributed by atoms with Crippen LogP contribution in [0.5, 0.6) is 0 Å². The van der Waals surface area contributed by atoms with Crippen molar-refractivity contribution in [2.45, 2.75) is 51.6 Å². The van der Waals surface area contributed by atoms with E-state index in [1.165, 1.54) is 24.0 Å². The lowest BCUT2D eigenvalue weighted by molar-refractivity contribution is -0.169. The Labute approximate surface area is 120 Å². The van der Waals surface area contributed by atoms with Gasteiger partial charge < -0.3 is 4.74 Å². The van der Waals surface area contributed by atoms with Crippen molar-refractivity contribution in [3.8, 4) is 0 Å². The Balaban J connectivity index is 2.07. The van der Waals surface area contributed by atoms with Crippen molar-refractivity contribution in [1.82, 2.24) is 0 Å². The topological polar surface area (TPSA) is 26.3 Å². The second-order valence-corrected chi connectivity index (χ2v) is 6.52. The van der Waals surface area contributed by atoms with Gasteiger partial charge in [-0.25, -0.2) is 4.79 Å². The Bertz CT molecular complexity index is 567. The van der Waals surface area contributed by atoms with E-state index in [0.717, 1.165) is 19.3 Å². The van der Waals surface area contributed by atoms with Crippen LogP contribution in [0.1, 0.15) is 50.7 Å². The molecule has 1 spiro atoms. The Hall–Kier alpha value is -1.57. The third-order valence-electron chi connectivity index (χ3n) is 5.28. The number of hydrogen-bond donors (Lipinski definition) is 0. The highest BCUT2D eigenvalue weighted by Crippen LogP contribution is 2.60. The summed E-state index contributed by atoms with van der Waals surface area (Å²) in [6.45, 7) is 7.54. The van der Waals surface area contributed by atoms with E-state index in [1.54, 1.807) is 6.92 Å². The second kappa shape index (κ2) is 4.47. The van der Waals surface area contributed by atoms with Gasteiger partial charge in [0.15, 0.2) is 0 Å². The fourth-order valence-electron chi connectivity index (χ4n) is 4.10. The summed E-state index contributed by atoms with van der Waals surface area (Å²) in [6, 6.07) is 8.41. The molecule has 2 aliphatic carbocycles. The molecule has 1 aromatic rings. The molecule has 0 aliphatic heterocycles. The van der Waals surface area contributed by atoms with Crippen LogP contribution in [0, 0.1) is 5.41 Å². The van der Waals surface area contributed by atoms with Crippen LogP contribution < -0.4 is 0 Å². The maximum Gasteiger partial charge on any atom is 0.334 e. The number of rotatable bonds is 2. The molecule has 3 rings (SSSR count). The zero-order valence-electron chi connectivity index (χ0n) is 12.4. The smallest absolute Gasteiger partial charge is 0.334 e. The Kier molecular flexibility index (Phi) is 3.00. The summed E-state index contributed by atoms with van der Waals surface area (Å²) in [6.07, 6.45) is 5.77. The minimum atomic E-state index is -0.504. The maximum atomic E-state index is 12.1. The first-order chi connectivity index (χ1) is 9.48. The van der Waals surface area contributed by atoms with E-state index < -0.39 is 5.60 Å². The maximum absolute atomic E-state index is 12.1. The highest BCUT2D eigenvalue weighted by atomic mass is 16.6. The molecular formula is C18H22O2. The van der Waals surface area contributed by atoms with Crippen molar-refractivity contribution in [3.05, 3.63) is 47.5 Å². The number of carbonyl (C=O) groups excluding carboxylic acids is 1. The molecule has 2 nitrogen and oxygen atoms in total. The fourth-order valence-corrected chi connectivity index (χ4v) is 4.10. The molecular weight excluding hydrogens is 248 g/mol. The SMILES string of the molecule is C=C(C)C(=O)OC1(C)c2ccccc2CC12CCCC2. The summed E-state index contributed by atoms with van der Waals surface area (Å²) in [4.78, 5) is 12.1. The lowest BCUT2D eigenvalue weighted by atomic mass is 9.72. The lowest BCUT2D eigenvalue weighted by Crippen LogP contribution is -2.42. The lowest BCUT2D eigenvalue weighted by Gasteiger charge is -2.41. The van der Waals surface area contributed by atoms with Gasteiger partial charge >= 0.3 is 5.97 Å². The van der Waals surface area contributed by atoms with Crippen molar-refractivity contribution >= 4 is 5.97 Å². The van der Waals surface area contributed by atoms with E-state index in [9.17, 15) is 4.79 Å². The van der Waals surface area contributed by atoms with E-state index >= 15 is 0 Å². The van der Waals surface area contributed by atoms with E-state index in [2.05, 4.69) is 31.7 Å². The van der Waals surface area contributed by atoms with Crippen molar-refractivity contribution in [2.75, 3.05) is 0 Å². The molecule has 1 fully saturated rings. The summed E-state index contributed by atoms with van der Waals surface area (Å²) in [5.41, 5.74) is 2.59. The summed E-state index contributed by atoms with van der Waals surface area (Å²) < 4.78 is 5.99. The van der Waals surface area contributed by atoms with E-state index in [1.807, 2.05) is 6.07 Å². The van der Waals surface area contributed by atoms with Gasteiger partial charge in [-0.05, 0) is 44.2 Å². The first kappa shape index (κ1) is 13.4. The van der Waals surface area contributed by atoms with Gasteiger partial charge in [0, 0.05) is 11.0 Å². The average Bonchev–Trinajstić information content (AvgIpc) is 2.97. The largest absolute Gasteiger partial charge is 0.451 e. The first-order valence-corrected chi connectivity index (χ1v) is 7.46. The van der Waals surface area contributed by atoms with Gasteiger partial charge in [-0.15, -0.1) is 0 Å². The third kappa shape index (κ3) is 1.74. The predicted molar refractivity (Wildman–Crippen MR) is 79.3 cm³/mol. The molecule has 1 atom stereocenters. The number of hydrogen-bond acceptors (Lipinski definition) is 2. The van der Waals surface area contributed by atoms with Crippen LogP contribution in [0.3, 0.4) is 0 Å². The summed E-state index contributed by atoms with van der Waals surface area (Å²) in [5, 5.41) is 0. The Morgan fingerprint density at radius 2 is 1.90 bits per heavy atom. The molecule has 1 unspecified atom stereocenters. The molecule has 0 heterocycles. The molecule has 1 aromatic carbocycles. The van der Waals surface area contributed by atoms with E-state index in [0.29, 0.717) is 5.57 Å². The number of fused-ring (bicyclic) bond motifs is 1. The van der Waals surface area contributed by atoms with Crippen LogP contribution in [-0.2, 0) is 21.6 Å². The monoisotopic (exact) mass is 270 g/mol. The number of carbonyl (C=O) groups is 1. The molecule has 2 aliphatic rings. The van der Waals surface area contributed by atoms with Gasteiger partial charge in [-0.1, -0.05) is 43.7 Å². The van der Waals surface area contributed by atoms with Crippen LogP contribution in [0.2, 0.25) is 0 Å². The van der Waals surface area contributed by atoms with Crippen molar-refractivity contribution in [2.24, 2.45) is 5.41 Å². The van der Waals surface area contributed by atoms with Gasteiger partial charge in [-0.3, -0.25) is 0 Å². The minimum absolute atomic E-state index is 0.0851. The highest BCUT2D eigenvalue weighted by Gasteiger charge is 2.58. The van der Waals surface area contributed by atoms with Gasteiger partial charge in [0.05, 0.1) is 0 Å². The molecule has 0 saturated heterocycles. The molecule has 0 radical (unpaired) electrons. The van der Waals surface area contributed by atoms with E-state index in [-0.39, 0.29) is 11.4 Å². The van der Waals surface area contributed by atoms with Crippen molar-refractivity contribution < 1.29 is 9.53 Å². The first-order valence-electron chi connectivity index (χ1n) is 7.46. The van der Waals surface area contributed by atoms with Crippen molar-refractivity contribution in [3.63, 3.8) is 0 Å². The minimum Gasteiger partial charge on any atom is -0.451 e. The quantitative estimate of drug-likeness (QED) is 0.596. The zero-order chi connectivity index (χ0) is 14.4. The molecule has 20 heavy (non-hydrogen) atoms. The predicted octanol–water partition coefficient (Wildman–Crippen LogP) is 4.14. The van der Waals surface area contributed by atoms with Gasteiger partial charge in [-0.2, -0.15) is 0 Å². The summed E-state index contributed by atoms with van der Waals surface area (Å²) in [7, 11) is 0. The van der Waals surface area contributed by atoms with Crippen LogP contribution in [0.15, 0.2) is 36.4 Å². The highest BCUT2D eigenvalue weighted by molar-refractivity contribution is 5.87. The molecule has 0 N–H and O–H groups in total. The van der Waals surface area contributed by atoms with Crippen LogP contribution >= 0.6 is 0 Å². The van der Waals surface area contributed by atoms with Crippen LogP contribution in [-0.4, -0.2) is 5.97 Å². The summed E-state index contributed by atoms with van der Waals surface area (Å²) >= 11 is 0. The standard InChI is InChI=1S/C18H22O2/c1-13(2)16(19)20-17(3)15-9-5-4-8-14(15)12-18(17)10-6-7-11-18/h4-5,8-9H,1,6-7,10-12H2,2-3H3. The molecule has 1 saturated carbocycles. The Morgan fingerprint density at radius 3 is 2.55 bits per heavy atom. The average molecular weight is 270 g/mol. The van der Waals surface area contributed by atoms with E-state index in [4.69, 9.17) is 4.74 Å². The molecule has 0 aromatic heterocycles. The molecule has 106 valence electrons. The number of benzene rings is 1. The number of esters is 1. The molecule has 2 heteroatoms. The molecule has 0 amide bonds. The number of ether oxygens (including phenoxy) is 1. The summed E-state index contributed by atoms with van der Waals surface area (Å²) in [5.74, 6) is -0.268. The van der Waals surface area contributed by atoms with Crippen LogP contribution in [0.4, 0.5) is 0 Å². The molecule has 0 bridgehead atoms. The van der Waals surface area contributed by atoms with Crippen LogP contribution in [0.25, 0.3) is 0 Å². The van der Waals surface area contributed by atoms with Crippen molar-refractivity contribution in [1.29, 1.82) is 0 Å². The van der Waals surface area contributed by atoms with Gasteiger partial charge in [0.2, 0.25) is 0 Å². The second-order valence-electron chi connectivity index (χ2n) is 6.52. The fraction of sp³-hybridized carbons (Fsp3) is 0.500. The third-order valence-corrected chi connectivity index (χ3v) is 5.28. The normalized spacial score (nSPS) is 26.5. The van der Waals surface area contributed by atoms with Gasteiger partial charge in [0.1, 0.15) is 5.60 Å². The zero-order valence-corrected chi connectivity index (χ0v) is 12.4. The Morgan fingerprint density at radius 1 is 1.25 bits per heavy atom. The van der Waals surface area contributed by atoms with Gasteiger partial charge in [0.25, 0.3) is 0 Å².